The van der Waals surface area contributed by atoms with Crippen LogP contribution in [-0.2, 0) is 0 Å². The predicted molar refractivity (Wildman–Crippen MR) is 130 cm³/mol. The zero-order valence-electron chi connectivity index (χ0n) is 18.4. The molecule has 2 atom stereocenters. The molecule has 0 unspecified atom stereocenters. The number of H-pyrrole nitrogens is 1. The molecule has 0 bridgehead atoms. The van der Waals surface area contributed by atoms with Gasteiger partial charge in [-0.25, -0.2) is 9.98 Å². The van der Waals surface area contributed by atoms with Crippen LogP contribution in [0, 0.1) is 0 Å². The molecule has 1 saturated heterocycles. The van der Waals surface area contributed by atoms with Crippen molar-refractivity contribution in [2.75, 3.05) is 18.0 Å². The van der Waals surface area contributed by atoms with Crippen molar-refractivity contribution < 1.29 is 9.52 Å². The molecule has 1 aliphatic rings. The van der Waals surface area contributed by atoms with Crippen molar-refractivity contribution in [1.29, 1.82) is 0 Å². The quantitative estimate of drug-likeness (QED) is 0.414. The van der Waals surface area contributed by atoms with E-state index >= 15 is 0 Å². The van der Waals surface area contributed by atoms with Crippen molar-refractivity contribution in [1.82, 2.24) is 15.3 Å². The van der Waals surface area contributed by atoms with Crippen LogP contribution < -0.4 is 15.8 Å². The van der Waals surface area contributed by atoms with Gasteiger partial charge in [-0.15, -0.1) is 0 Å². The third-order valence-corrected chi connectivity index (χ3v) is 5.88. The number of hydrogen-bond donors (Lipinski definition) is 3. The lowest BCUT2D eigenvalue weighted by molar-refractivity contribution is 0.407. The Bertz CT molecular complexity index is 1350. The number of aromatic hydroxyl groups is 1. The van der Waals surface area contributed by atoms with E-state index in [4.69, 9.17) is 4.42 Å². The number of hydrogen-bond acceptors (Lipinski definition) is 7. The Hall–Kier alpha value is -3.91. The zero-order valence-corrected chi connectivity index (χ0v) is 18.4. The Labute approximate surface area is 190 Å². The van der Waals surface area contributed by atoms with Crippen LogP contribution >= 0.6 is 0 Å². The minimum atomic E-state index is -0.361. The second-order valence-electron chi connectivity index (χ2n) is 8.50. The lowest BCUT2D eigenvalue weighted by Crippen LogP contribution is -2.54. The van der Waals surface area contributed by atoms with E-state index in [9.17, 15) is 9.90 Å². The summed E-state index contributed by atoms with van der Waals surface area (Å²) in [5, 5.41) is 15.0. The summed E-state index contributed by atoms with van der Waals surface area (Å²) in [5.41, 5.74) is 2.87. The third kappa shape index (κ3) is 4.25. The molecule has 8 nitrogen and oxygen atoms in total. The molecule has 3 aromatic heterocycles. The van der Waals surface area contributed by atoms with E-state index in [1.807, 2.05) is 36.5 Å². The predicted octanol–water partition coefficient (Wildman–Crippen LogP) is 3.83. The van der Waals surface area contributed by atoms with Crippen LogP contribution in [0.15, 0.2) is 69.3 Å². The first kappa shape index (κ1) is 21.0. The van der Waals surface area contributed by atoms with E-state index < -0.39 is 0 Å². The number of aliphatic imine (C=N–C) groups is 1. The van der Waals surface area contributed by atoms with E-state index in [0.717, 1.165) is 29.9 Å². The fourth-order valence-corrected chi connectivity index (χ4v) is 4.38. The first-order valence-corrected chi connectivity index (χ1v) is 10.9. The molecule has 0 amide bonds. The number of anilines is 1. The van der Waals surface area contributed by atoms with Gasteiger partial charge in [-0.05, 0) is 49.7 Å². The van der Waals surface area contributed by atoms with Crippen LogP contribution in [0.1, 0.15) is 19.4 Å². The standard InChI is InChI=1S/C25H25N5O3/c1-15-12-30(13-16(2)28-15)19-4-6-23(26-10-19)27-11-22-21-9-17(18-7-8-33-14-18)3-5-20(21)24(31)29-25(22)32/h3-11,14-16,28H,12-13H2,1-2H3,(H2,29,31,32)/t15-,16+. The zero-order chi connectivity index (χ0) is 22.9. The van der Waals surface area contributed by atoms with Crippen molar-refractivity contribution in [3.63, 3.8) is 0 Å². The maximum atomic E-state index is 12.4. The normalized spacial score (nSPS) is 18.9. The summed E-state index contributed by atoms with van der Waals surface area (Å²) in [6, 6.07) is 11.9. The van der Waals surface area contributed by atoms with Crippen LogP contribution in [0.3, 0.4) is 0 Å². The van der Waals surface area contributed by atoms with Crippen LogP contribution in [0.25, 0.3) is 21.9 Å². The smallest absolute Gasteiger partial charge is 0.258 e. The Balaban J connectivity index is 1.46. The highest BCUT2D eigenvalue weighted by molar-refractivity contribution is 6.03. The van der Waals surface area contributed by atoms with E-state index in [1.165, 1.54) is 6.21 Å². The summed E-state index contributed by atoms with van der Waals surface area (Å²) in [7, 11) is 0. The monoisotopic (exact) mass is 443 g/mol. The van der Waals surface area contributed by atoms with Gasteiger partial charge < -0.3 is 19.7 Å². The van der Waals surface area contributed by atoms with Gasteiger partial charge in [-0.3, -0.25) is 9.78 Å². The summed E-state index contributed by atoms with van der Waals surface area (Å²) in [5.74, 6) is 0.278. The molecule has 4 aromatic rings. The number of pyridine rings is 2. The van der Waals surface area contributed by atoms with Gasteiger partial charge in [0.2, 0.25) is 5.88 Å². The van der Waals surface area contributed by atoms with Crippen molar-refractivity contribution in [2.45, 2.75) is 25.9 Å². The molecule has 5 rings (SSSR count). The molecule has 4 heterocycles. The lowest BCUT2D eigenvalue weighted by atomic mass is 10.0. The molecule has 168 valence electrons. The van der Waals surface area contributed by atoms with Crippen LogP contribution in [0.5, 0.6) is 5.88 Å². The molecule has 0 radical (unpaired) electrons. The fraction of sp³-hybridized carbons (Fsp3) is 0.240. The molecule has 8 heteroatoms. The minimum absolute atomic E-state index is 0.235. The minimum Gasteiger partial charge on any atom is -0.494 e. The molecular weight excluding hydrogens is 418 g/mol. The van der Waals surface area contributed by atoms with Gasteiger partial charge in [-0.2, -0.15) is 0 Å². The maximum Gasteiger partial charge on any atom is 0.258 e. The van der Waals surface area contributed by atoms with Gasteiger partial charge in [-0.1, -0.05) is 6.07 Å². The van der Waals surface area contributed by atoms with Crippen LogP contribution in [-0.4, -0.2) is 46.5 Å². The number of aromatic nitrogens is 2. The molecule has 0 saturated carbocycles. The Morgan fingerprint density at radius 2 is 1.94 bits per heavy atom. The molecule has 3 N–H and O–H groups in total. The van der Waals surface area contributed by atoms with E-state index in [-0.39, 0.29) is 11.4 Å². The number of nitrogens with zero attached hydrogens (tertiary/aromatic N) is 3. The largest absolute Gasteiger partial charge is 0.494 e. The van der Waals surface area contributed by atoms with Crippen molar-refractivity contribution >= 4 is 28.5 Å². The average molecular weight is 444 g/mol. The van der Waals surface area contributed by atoms with Gasteiger partial charge in [0.1, 0.15) is 0 Å². The van der Waals surface area contributed by atoms with Gasteiger partial charge in [0.25, 0.3) is 5.56 Å². The third-order valence-electron chi connectivity index (χ3n) is 5.88. The second-order valence-corrected chi connectivity index (χ2v) is 8.50. The number of benzene rings is 1. The number of aromatic amines is 1. The summed E-state index contributed by atoms with van der Waals surface area (Å²) in [4.78, 5) is 26.1. The number of furan rings is 1. The van der Waals surface area contributed by atoms with Gasteiger partial charge in [0.05, 0.1) is 30.0 Å². The second kappa shape index (κ2) is 8.55. The highest BCUT2D eigenvalue weighted by atomic mass is 16.3. The highest BCUT2D eigenvalue weighted by Gasteiger charge is 2.21. The maximum absolute atomic E-state index is 12.4. The average Bonchev–Trinajstić information content (AvgIpc) is 3.33. The number of rotatable bonds is 4. The first-order chi connectivity index (χ1) is 16.0. The summed E-state index contributed by atoms with van der Waals surface area (Å²) in [6.07, 6.45) is 6.57. The first-order valence-electron chi connectivity index (χ1n) is 10.9. The van der Waals surface area contributed by atoms with Gasteiger partial charge in [0, 0.05) is 47.7 Å². The molecule has 33 heavy (non-hydrogen) atoms. The molecule has 1 aromatic carbocycles. The molecule has 1 aliphatic heterocycles. The highest BCUT2D eigenvalue weighted by Crippen LogP contribution is 2.28. The molecular formula is C25H25N5O3. The summed E-state index contributed by atoms with van der Waals surface area (Å²) >= 11 is 0. The molecule has 0 spiro atoms. The molecule has 0 aliphatic carbocycles. The van der Waals surface area contributed by atoms with Crippen LogP contribution in [0.4, 0.5) is 11.5 Å². The van der Waals surface area contributed by atoms with Crippen LogP contribution in [0.2, 0.25) is 0 Å². The number of nitrogens with one attached hydrogen (secondary N) is 2. The topological polar surface area (TPSA) is 107 Å². The van der Waals surface area contributed by atoms with E-state index in [0.29, 0.717) is 34.2 Å². The summed E-state index contributed by atoms with van der Waals surface area (Å²) in [6.45, 7) is 6.19. The lowest BCUT2D eigenvalue weighted by Gasteiger charge is -2.37. The Kier molecular flexibility index (Phi) is 5.43. The van der Waals surface area contributed by atoms with E-state index in [2.05, 4.69) is 39.0 Å². The fourth-order valence-electron chi connectivity index (χ4n) is 4.38. The SMILES string of the molecule is C[C@@H]1CN(c2ccc(N=Cc3c(O)[nH]c(=O)c4ccc(-c5ccoc5)cc34)nc2)C[C@H](C)N1. The van der Waals surface area contributed by atoms with Gasteiger partial charge in [0.15, 0.2) is 5.82 Å². The molecule has 1 fully saturated rings. The Morgan fingerprint density at radius 1 is 1.12 bits per heavy atom. The number of fused-ring (bicyclic) bond motifs is 1. The summed E-state index contributed by atoms with van der Waals surface area (Å²) < 4.78 is 5.17. The van der Waals surface area contributed by atoms with Crippen molar-refractivity contribution in [3.05, 3.63) is 71.0 Å². The van der Waals surface area contributed by atoms with Crippen molar-refractivity contribution in [3.8, 4) is 17.0 Å². The number of piperazine rings is 1. The van der Waals surface area contributed by atoms with Crippen molar-refractivity contribution in [2.24, 2.45) is 4.99 Å². The van der Waals surface area contributed by atoms with Gasteiger partial charge >= 0.3 is 0 Å². The van der Waals surface area contributed by atoms with E-state index in [1.54, 1.807) is 18.6 Å². The Morgan fingerprint density at radius 3 is 2.64 bits per heavy atom.